The summed E-state index contributed by atoms with van der Waals surface area (Å²) in [7, 11) is 0. The maximum absolute atomic E-state index is 12.1. The minimum absolute atomic E-state index is 0.167. The third-order valence-electron chi connectivity index (χ3n) is 8.61. The predicted molar refractivity (Wildman–Crippen MR) is 269 cm³/mol. The Bertz CT molecular complexity index is 3100. The number of hydrogen-bond donors (Lipinski definition) is 4. The van der Waals surface area contributed by atoms with Gasteiger partial charge in [0.1, 0.15) is 12.0 Å². The number of halogens is 2. The number of thiazole rings is 4. The molecule has 0 atom stereocenters. The maximum atomic E-state index is 12.1. The van der Waals surface area contributed by atoms with Crippen LogP contribution in [-0.4, -0.2) is 43.6 Å². The van der Waals surface area contributed by atoms with Gasteiger partial charge in [-0.1, -0.05) is 35.9 Å². The Morgan fingerprint density at radius 3 is 1.45 bits per heavy atom. The van der Waals surface area contributed by atoms with Crippen molar-refractivity contribution >= 4 is 117 Å². The molecular weight excluding hydrogens is 1020 g/mol. The van der Waals surface area contributed by atoms with Gasteiger partial charge in [-0.05, 0) is 117 Å². The molecule has 0 aliphatic heterocycles. The second-order valence-corrected chi connectivity index (χ2v) is 20.1. The molecule has 0 fully saturated rings. The van der Waals surface area contributed by atoms with Crippen LogP contribution in [0.4, 0.5) is 20.5 Å². The number of aromatic nitrogens is 4. The summed E-state index contributed by atoms with van der Waals surface area (Å²) >= 11 is 14.8. The minimum atomic E-state index is -0.296. The van der Waals surface area contributed by atoms with Gasteiger partial charge in [0.25, 0.3) is 23.6 Å². The molecule has 67 heavy (non-hydrogen) atoms. The standard InChI is InChI=1S/C16H14N2O2S.C12H11ClN2OS.C9H7BrN2O2S.C9H8N2O2S/c1-10-5-3-4-6-12(10)13-7-8-14(20-13)15(19)18-16-17-9-11(2)21-16;1-7-5-9(3-4-10(7)13)11(16)15-12-14-6-8(2)17-12;1-5-4-11-9(15-5)12-8(13)6-2-3-7(10)14-6;1-6-4-10-9(14-6)11-8(12)7-2-3-13-5-7/h3-9H,1-2H3,(H,17,18,19);3-6H,1-2H3,(H,14,15,16);2-4H,1H3,(H,11,12,13);2-5H,1H3,(H,10,11,12). The highest BCUT2D eigenvalue weighted by Crippen LogP contribution is 2.27. The number of hydrogen-bond acceptors (Lipinski definition) is 15. The van der Waals surface area contributed by atoms with E-state index in [4.69, 9.17) is 24.9 Å². The normalized spacial score (nSPS) is 10.3. The molecule has 0 saturated carbocycles. The second kappa shape index (κ2) is 23.8. The Kier molecular flexibility index (Phi) is 17.7. The zero-order chi connectivity index (χ0) is 48.0. The number of amides is 4. The van der Waals surface area contributed by atoms with Crippen molar-refractivity contribution in [2.45, 2.75) is 41.5 Å². The average Bonchev–Trinajstić information content (AvgIpc) is 4.16. The van der Waals surface area contributed by atoms with Gasteiger partial charge in [-0.2, -0.15) is 0 Å². The van der Waals surface area contributed by atoms with Crippen LogP contribution in [0.25, 0.3) is 11.3 Å². The number of furan rings is 3. The molecule has 0 radical (unpaired) electrons. The number of nitrogens with one attached hydrogen (secondary N) is 4. The van der Waals surface area contributed by atoms with Crippen LogP contribution in [0.5, 0.6) is 0 Å². The molecule has 2 aromatic carbocycles. The summed E-state index contributed by atoms with van der Waals surface area (Å²) in [5.74, 6) is 0.274. The van der Waals surface area contributed by atoms with Crippen LogP contribution in [0.1, 0.15) is 72.5 Å². The van der Waals surface area contributed by atoms with Crippen molar-refractivity contribution < 1.29 is 32.4 Å². The lowest BCUT2D eigenvalue weighted by Gasteiger charge is -2.03. The molecule has 9 rings (SSSR count). The van der Waals surface area contributed by atoms with Crippen molar-refractivity contribution in [3.8, 4) is 11.3 Å². The van der Waals surface area contributed by atoms with Crippen LogP contribution in [0.15, 0.2) is 128 Å². The first kappa shape index (κ1) is 49.9. The molecule has 4 N–H and O–H groups in total. The van der Waals surface area contributed by atoms with E-state index in [-0.39, 0.29) is 35.1 Å². The zero-order valence-electron chi connectivity index (χ0n) is 36.4. The van der Waals surface area contributed by atoms with Gasteiger partial charge in [-0.15, -0.1) is 45.3 Å². The molecule has 344 valence electrons. The van der Waals surface area contributed by atoms with Gasteiger partial charge in [-0.25, -0.2) is 19.9 Å². The number of nitrogens with zero attached hydrogens (tertiary/aromatic N) is 4. The number of carbonyl (C=O) groups excluding carboxylic acids is 4. The lowest BCUT2D eigenvalue weighted by Crippen LogP contribution is -2.11. The SMILES string of the molecule is Cc1cnc(NC(=O)c2ccc(-c3ccccc3C)o2)s1.Cc1cnc(NC(=O)c2ccc(Br)o2)s1.Cc1cnc(NC(=O)c2ccc(Cl)c(C)c2)s1.Cc1cnc(NC(=O)c2ccoc2)s1. The molecule has 0 aliphatic rings. The molecule has 0 bridgehead atoms. The zero-order valence-corrected chi connectivity index (χ0v) is 42.0. The van der Waals surface area contributed by atoms with Crippen LogP contribution in [0.2, 0.25) is 5.02 Å². The molecular formula is C46H40BrClN8O7S4. The molecule has 0 spiro atoms. The van der Waals surface area contributed by atoms with Crippen molar-refractivity contribution in [2.75, 3.05) is 21.3 Å². The van der Waals surface area contributed by atoms with Crippen molar-refractivity contribution in [3.05, 3.63) is 173 Å². The Morgan fingerprint density at radius 2 is 1.01 bits per heavy atom. The van der Waals surface area contributed by atoms with Gasteiger partial charge in [-0.3, -0.25) is 40.4 Å². The first-order valence-electron chi connectivity index (χ1n) is 19.7. The molecule has 9 aromatic rings. The fraction of sp³-hybridized carbons (Fsp3) is 0.130. The number of rotatable bonds is 9. The van der Waals surface area contributed by atoms with E-state index in [1.165, 1.54) is 57.9 Å². The third kappa shape index (κ3) is 15.0. The number of carbonyl (C=O) groups is 4. The van der Waals surface area contributed by atoms with Gasteiger partial charge in [0.15, 0.2) is 36.7 Å². The highest BCUT2D eigenvalue weighted by Gasteiger charge is 2.16. The molecule has 0 unspecified atom stereocenters. The maximum Gasteiger partial charge on any atom is 0.293 e. The summed E-state index contributed by atoms with van der Waals surface area (Å²) in [4.78, 5) is 67.5. The fourth-order valence-corrected chi connectivity index (χ4v) is 8.44. The Balaban J connectivity index is 0.000000149. The summed E-state index contributed by atoms with van der Waals surface area (Å²) in [6, 6.07) is 21.4. The summed E-state index contributed by atoms with van der Waals surface area (Å²) in [6.45, 7) is 11.6. The summed E-state index contributed by atoms with van der Waals surface area (Å²) in [5, 5.41) is 13.8. The summed E-state index contributed by atoms with van der Waals surface area (Å²) in [5.41, 5.74) is 4.06. The van der Waals surface area contributed by atoms with E-state index in [1.807, 2.05) is 71.9 Å². The van der Waals surface area contributed by atoms with Crippen molar-refractivity contribution in [1.82, 2.24) is 19.9 Å². The Hall–Kier alpha value is -6.55. The van der Waals surface area contributed by atoms with Gasteiger partial charge >= 0.3 is 0 Å². The Labute approximate surface area is 413 Å². The molecule has 4 amide bonds. The fourth-order valence-electron chi connectivity index (χ4n) is 5.38. The van der Waals surface area contributed by atoms with E-state index >= 15 is 0 Å². The van der Waals surface area contributed by atoms with Gasteiger partial charge in [0.05, 0.1) is 11.8 Å². The highest BCUT2D eigenvalue weighted by atomic mass is 79.9. The number of aryl methyl sites for hydroxylation is 6. The van der Waals surface area contributed by atoms with Gasteiger partial charge < -0.3 is 13.3 Å². The lowest BCUT2D eigenvalue weighted by atomic mass is 10.1. The first-order valence-corrected chi connectivity index (χ1v) is 24.2. The average molecular weight is 1060 g/mol. The van der Waals surface area contributed by atoms with E-state index in [0.717, 1.165) is 36.2 Å². The summed E-state index contributed by atoms with van der Waals surface area (Å²) < 4.78 is 16.1. The van der Waals surface area contributed by atoms with Gasteiger partial charge in [0, 0.05) is 60.4 Å². The van der Waals surface area contributed by atoms with Crippen LogP contribution < -0.4 is 21.3 Å². The quantitative estimate of drug-likeness (QED) is 0.107. The summed E-state index contributed by atoms with van der Waals surface area (Å²) in [6.07, 6.45) is 9.74. The van der Waals surface area contributed by atoms with Crippen LogP contribution in [-0.2, 0) is 0 Å². The molecule has 21 heteroatoms. The van der Waals surface area contributed by atoms with Crippen LogP contribution in [0, 0.1) is 41.5 Å². The van der Waals surface area contributed by atoms with E-state index < -0.39 is 0 Å². The monoisotopic (exact) mass is 1060 g/mol. The van der Waals surface area contributed by atoms with E-state index in [2.05, 4.69) is 57.1 Å². The molecule has 15 nitrogen and oxygen atoms in total. The third-order valence-corrected chi connectivity index (χ3v) is 12.8. The number of anilines is 4. The molecule has 0 saturated heterocycles. The minimum Gasteiger partial charge on any atom is -0.472 e. The van der Waals surface area contributed by atoms with E-state index in [0.29, 0.717) is 47.1 Å². The van der Waals surface area contributed by atoms with Crippen molar-refractivity contribution in [1.29, 1.82) is 0 Å². The first-order chi connectivity index (χ1) is 32.1. The largest absolute Gasteiger partial charge is 0.472 e. The molecule has 7 heterocycles. The van der Waals surface area contributed by atoms with E-state index in [1.54, 1.807) is 67.3 Å². The molecule has 7 aromatic heterocycles. The van der Waals surface area contributed by atoms with Crippen LogP contribution >= 0.6 is 72.9 Å². The smallest absolute Gasteiger partial charge is 0.293 e. The lowest BCUT2D eigenvalue weighted by molar-refractivity contribution is 0.0989. The van der Waals surface area contributed by atoms with Crippen LogP contribution in [0.3, 0.4) is 0 Å². The second-order valence-electron chi connectivity index (χ2n) is 14.0. The van der Waals surface area contributed by atoms with Gasteiger partial charge in [0.2, 0.25) is 0 Å². The Morgan fingerprint density at radius 1 is 0.537 bits per heavy atom. The predicted octanol–water partition coefficient (Wildman–Crippen LogP) is 13.3. The van der Waals surface area contributed by atoms with Crippen molar-refractivity contribution in [2.24, 2.45) is 0 Å². The number of benzene rings is 2. The topological polar surface area (TPSA) is 207 Å². The van der Waals surface area contributed by atoms with Crippen molar-refractivity contribution in [3.63, 3.8) is 0 Å². The van der Waals surface area contributed by atoms with E-state index in [9.17, 15) is 19.2 Å². The molecule has 0 aliphatic carbocycles. The highest BCUT2D eigenvalue weighted by molar-refractivity contribution is 9.10.